The van der Waals surface area contributed by atoms with Crippen molar-refractivity contribution in [3.63, 3.8) is 0 Å². The topological polar surface area (TPSA) is 58.6 Å². The highest BCUT2D eigenvalue weighted by molar-refractivity contribution is 5.68. The molecule has 1 amide bonds. The van der Waals surface area contributed by atoms with Gasteiger partial charge in [0.05, 0.1) is 18.6 Å². The first kappa shape index (κ1) is 17.0. The third-order valence-electron chi connectivity index (χ3n) is 2.14. The van der Waals surface area contributed by atoms with Crippen molar-refractivity contribution < 1.29 is 27.8 Å². The van der Waals surface area contributed by atoms with E-state index in [-0.39, 0.29) is 6.42 Å². The van der Waals surface area contributed by atoms with Gasteiger partial charge >= 0.3 is 12.3 Å². The van der Waals surface area contributed by atoms with Crippen LogP contribution in [-0.2, 0) is 4.74 Å². The molecule has 0 spiro atoms. The number of nitrogens with one attached hydrogen (secondary N) is 1. The average Bonchev–Trinajstić information content (AvgIpc) is 2.11. The number of alkyl halides is 3. The van der Waals surface area contributed by atoms with Crippen LogP contribution in [0.15, 0.2) is 0 Å². The molecule has 0 aliphatic rings. The lowest BCUT2D eigenvalue weighted by Gasteiger charge is -2.25. The van der Waals surface area contributed by atoms with Gasteiger partial charge in [0.15, 0.2) is 0 Å². The molecule has 108 valence electrons. The summed E-state index contributed by atoms with van der Waals surface area (Å²) in [6, 6.07) is -0.975. The fourth-order valence-corrected chi connectivity index (χ4v) is 1.21. The number of carbonyl (C=O) groups excluding carboxylic acids is 1. The number of alkyl carbamates (subject to hydrolysis) is 1. The maximum absolute atomic E-state index is 12.3. The third-order valence-corrected chi connectivity index (χ3v) is 2.14. The third kappa shape index (κ3) is 7.37. The van der Waals surface area contributed by atoms with Crippen LogP contribution in [0.25, 0.3) is 0 Å². The van der Waals surface area contributed by atoms with E-state index in [1.165, 1.54) is 0 Å². The minimum absolute atomic E-state index is 0.390. The van der Waals surface area contributed by atoms with Crippen molar-refractivity contribution >= 4 is 6.09 Å². The second-order valence-corrected chi connectivity index (χ2v) is 5.20. The van der Waals surface area contributed by atoms with Gasteiger partial charge in [-0.3, -0.25) is 0 Å². The van der Waals surface area contributed by atoms with Crippen molar-refractivity contribution in [2.45, 2.75) is 51.9 Å². The molecule has 0 saturated heterocycles. The first-order chi connectivity index (χ1) is 7.95. The lowest BCUT2D eigenvalue weighted by molar-refractivity contribution is -0.173. The molecular weight excluding hydrogens is 251 g/mol. The number of amides is 1. The molecule has 2 N–H and O–H groups in total. The normalized spacial score (nSPS) is 16.0. The lowest BCUT2D eigenvalue weighted by atomic mass is 10.0. The van der Waals surface area contributed by atoms with Gasteiger partial charge in [0.1, 0.15) is 5.60 Å². The molecule has 0 saturated carbocycles. The van der Waals surface area contributed by atoms with Crippen LogP contribution in [0.5, 0.6) is 0 Å². The second-order valence-electron chi connectivity index (χ2n) is 5.20. The molecule has 4 nitrogen and oxygen atoms in total. The Balaban J connectivity index is 4.32. The van der Waals surface area contributed by atoms with Gasteiger partial charge in [0.25, 0.3) is 0 Å². The smallest absolute Gasteiger partial charge is 0.407 e. The van der Waals surface area contributed by atoms with E-state index >= 15 is 0 Å². The van der Waals surface area contributed by atoms with Gasteiger partial charge in [-0.05, 0) is 27.2 Å². The van der Waals surface area contributed by atoms with Crippen molar-refractivity contribution in [2.75, 3.05) is 6.61 Å². The maximum Gasteiger partial charge on any atom is 0.407 e. The van der Waals surface area contributed by atoms with Crippen LogP contribution < -0.4 is 5.32 Å². The standard InChI is InChI=1S/C11H20F3NO3/c1-7(11(12,13)14)5-8(6-16)15-9(17)18-10(2,3)4/h7-8,16H,5-6H2,1-4H3,(H,15,17)/t7-,8+/m0/s1. The van der Waals surface area contributed by atoms with Crippen LogP contribution in [0.3, 0.4) is 0 Å². The molecule has 0 unspecified atom stereocenters. The van der Waals surface area contributed by atoms with E-state index in [0.717, 1.165) is 6.92 Å². The van der Waals surface area contributed by atoms with E-state index in [1.54, 1.807) is 20.8 Å². The lowest BCUT2D eigenvalue weighted by Crippen LogP contribution is -2.43. The van der Waals surface area contributed by atoms with Gasteiger partial charge in [-0.25, -0.2) is 4.79 Å². The van der Waals surface area contributed by atoms with Gasteiger partial charge in [-0.1, -0.05) is 6.92 Å². The van der Waals surface area contributed by atoms with Crippen molar-refractivity contribution in [1.29, 1.82) is 0 Å². The molecule has 0 aromatic carbocycles. The zero-order valence-electron chi connectivity index (χ0n) is 11.0. The SMILES string of the molecule is C[C@@H](C[C@H](CO)NC(=O)OC(C)(C)C)C(F)(F)F. The largest absolute Gasteiger partial charge is 0.444 e. The van der Waals surface area contributed by atoms with Crippen molar-refractivity contribution in [3.05, 3.63) is 0 Å². The summed E-state index contributed by atoms with van der Waals surface area (Å²) in [4.78, 5) is 11.3. The highest BCUT2D eigenvalue weighted by Crippen LogP contribution is 2.29. The summed E-state index contributed by atoms with van der Waals surface area (Å²) in [6.07, 6.45) is -5.57. The molecule has 0 aromatic heterocycles. The number of ether oxygens (including phenoxy) is 1. The summed E-state index contributed by atoms with van der Waals surface area (Å²) < 4.78 is 41.9. The Morgan fingerprint density at radius 2 is 1.83 bits per heavy atom. The summed E-state index contributed by atoms with van der Waals surface area (Å²) >= 11 is 0. The minimum Gasteiger partial charge on any atom is -0.444 e. The maximum atomic E-state index is 12.3. The van der Waals surface area contributed by atoms with E-state index in [0.29, 0.717) is 0 Å². The zero-order chi connectivity index (χ0) is 14.6. The molecule has 7 heteroatoms. The Hall–Kier alpha value is -0.980. The van der Waals surface area contributed by atoms with Crippen molar-refractivity contribution in [2.24, 2.45) is 5.92 Å². The monoisotopic (exact) mass is 271 g/mol. The highest BCUT2D eigenvalue weighted by Gasteiger charge is 2.37. The molecule has 0 aliphatic heterocycles. The van der Waals surface area contributed by atoms with E-state index in [1.807, 2.05) is 0 Å². The predicted octanol–water partition coefficient (Wildman–Crippen LogP) is 2.46. The summed E-state index contributed by atoms with van der Waals surface area (Å²) in [5.74, 6) is -1.61. The fraction of sp³-hybridized carbons (Fsp3) is 0.909. The van der Waals surface area contributed by atoms with E-state index < -0.39 is 36.4 Å². The summed E-state index contributed by atoms with van der Waals surface area (Å²) in [6.45, 7) is 5.34. The van der Waals surface area contributed by atoms with E-state index in [9.17, 15) is 18.0 Å². The summed E-state index contributed by atoms with van der Waals surface area (Å²) in [5, 5.41) is 11.2. The molecule has 2 atom stereocenters. The van der Waals surface area contributed by atoms with Gasteiger partial charge < -0.3 is 15.2 Å². The molecule has 18 heavy (non-hydrogen) atoms. The zero-order valence-corrected chi connectivity index (χ0v) is 11.0. The molecular formula is C11H20F3NO3. The molecule has 0 rings (SSSR count). The molecule has 0 aliphatic carbocycles. The molecule has 0 bridgehead atoms. The van der Waals surface area contributed by atoms with Gasteiger partial charge in [0.2, 0.25) is 0 Å². The number of hydrogen-bond acceptors (Lipinski definition) is 3. The molecule has 0 heterocycles. The number of aliphatic hydroxyl groups excluding tert-OH is 1. The predicted molar refractivity (Wildman–Crippen MR) is 60.1 cm³/mol. The van der Waals surface area contributed by atoms with Crippen LogP contribution >= 0.6 is 0 Å². The van der Waals surface area contributed by atoms with Crippen LogP contribution in [0.1, 0.15) is 34.1 Å². The van der Waals surface area contributed by atoms with Crippen molar-refractivity contribution in [3.8, 4) is 0 Å². The van der Waals surface area contributed by atoms with Crippen LogP contribution in [-0.4, -0.2) is 35.6 Å². The second kappa shape index (κ2) is 6.26. The summed E-state index contributed by atoms with van der Waals surface area (Å²) in [5.41, 5.74) is -0.736. The Morgan fingerprint density at radius 3 is 2.17 bits per heavy atom. The molecule has 0 aromatic rings. The minimum atomic E-state index is -4.34. The fourth-order valence-electron chi connectivity index (χ4n) is 1.21. The van der Waals surface area contributed by atoms with Gasteiger partial charge in [-0.2, -0.15) is 13.2 Å². The Bertz CT molecular complexity index is 274. The Labute approximate surface area is 105 Å². The van der Waals surface area contributed by atoms with Gasteiger partial charge in [0, 0.05) is 0 Å². The van der Waals surface area contributed by atoms with E-state index in [2.05, 4.69) is 5.32 Å². The van der Waals surface area contributed by atoms with Crippen LogP contribution in [0, 0.1) is 5.92 Å². The quantitative estimate of drug-likeness (QED) is 0.825. The van der Waals surface area contributed by atoms with Crippen molar-refractivity contribution in [1.82, 2.24) is 5.32 Å². The number of rotatable bonds is 4. The number of hydrogen-bond donors (Lipinski definition) is 2. The number of aliphatic hydroxyl groups is 1. The first-order valence-corrected chi connectivity index (χ1v) is 5.62. The van der Waals surface area contributed by atoms with Gasteiger partial charge in [-0.15, -0.1) is 0 Å². The first-order valence-electron chi connectivity index (χ1n) is 5.62. The van der Waals surface area contributed by atoms with E-state index in [4.69, 9.17) is 9.84 Å². The van der Waals surface area contributed by atoms with Crippen LogP contribution in [0.4, 0.5) is 18.0 Å². The Morgan fingerprint density at radius 1 is 1.33 bits per heavy atom. The number of halogens is 3. The van der Waals surface area contributed by atoms with Crippen LogP contribution in [0.2, 0.25) is 0 Å². The average molecular weight is 271 g/mol. The molecule has 0 radical (unpaired) electrons. The highest BCUT2D eigenvalue weighted by atomic mass is 19.4. The Kier molecular flexibility index (Phi) is 5.92. The molecule has 0 fully saturated rings. The summed E-state index contributed by atoms with van der Waals surface area (Å²) in [7, 11) is 0. The number of carbonyl (C=O) groups is 1.